The quantitative estimate of drug-likeness (QED) is 0.769. The van der Waals surface area contributed by atoms with Crippen LogP contribution < -0.4 is 0 Å². The highest BCUT2D eigenvalue weighted by molar-refractivity contribution is 7.98. The molecule has 0 bridgehead atoms. The molecule has 0 aliphatic rings. The molecule has 0 amide bonds. The predicted octanol–water partition coefficient (Wildman–Crippen LogP) is 2.87. The van der Waals surface area contributed by atoms with Crippen molar-refractivity contribution in [3.8, 4) is 0 Å². The maximum absolute atomic E-state index is 5.42. The molecule has 0 N–H and O–H groups in total. The van der Waals surface area contributed by atoms with E-state index in [0.717, 1.165) is 17.9 Å². The normalized spacial score (nSPS) is 11.7. The largest absolute Gasteiger partial charge is 0.373 e. The van der Waals surface area contributed by atoms with E-state index >= 15 is 0 Å². The molecule has 1 rings (SSSR count). The first-order chi connectivity index (χ1) is 7.10. The van der Waals surface area contributed by atoms with Gasteiger partial charge in [0.1, 0.15) is 5.60 Å². The van der Waals surface area contributed by atoms with Crippen LogP contribution in [0.2, 0.25) is 0 Å². The summed E-state index contributed by atoms with van der Waals surface area (Å²) in [4.78, 5) is 4.36. The molecule has 2 nitrogen and oxygen atoms in total. The molecule has 0 fully saturated rings. The van der Waals surface area contributed by atoms with Crippen molar-refractivity contribution in [2.24, 2.45) is 0 Å². The molecule has 0 aliphatic heterocycles. The van der Waals surface area contributed by atoms with Gasteiger partial charge in [0, 0.05) is 13.3 Å². The fraction of sp³-hybridized carbons (Fsp3) is 0.583. The number of aromatic nitrogens is 1. The van der Waals surface area contributed by atoms with Gasteiger partial charge < -0.3 is 4.74 Å². The van der Waals surface area contributed by atoms with Crippen molar-refractivity contribution in [1.82, 2.24) is 4.98 Å². The molecule has 84 valence electrons. The van der Waals surface area contributed by atoms with Gasteiger partial charge in [0.2, 0.25) is 0 Å². The highest BCUT2D eigenvalue weighted by Gasteiger charge is 2.20. The number of thioether (sulfide) groups is 1. The molecule has 15 heavy (non-hydrogen) atoms. The van der Waals surface area contributed by atoms with E-state index in [4.69, 9.17) is 4.74 Å². The Bertz CT molecular complexity index is 312. The number of methoxy groups -OCH3 is 1. The summed E-state index contributed by atoms with van der Waals surface area (Å²) in [7, 11) is 1.72. The highest BCUT2D eigenvalue weighted by Crippen LogP contribution is 2.22. The van der Waals surface area contributed by atoms with Gasteiger partial charge in [-0.2, -0.15) is 11.8 Å². The molecule has 0 spiro atoms. The molecular formula is C12H19NOS. The summed E-state index contributed by atoms with van der Waals surface area (Å²) in [5.41, 5.74) is 2.04. The van der Waals surface area contributed by atoms with E-state index in [1.807, 2.05) is 31.8 Å². The van der Waals surface area contributed by atoms with Crippen molar-refractivity contribution in [3.63, 3.8) is 0 Å². The van der Waals surface area contributed by atoms with E-state index in [0.29, 0.717) is 0 Å². The van der Waals surface area contributed by atoms with Crippen LogP contribution in [0.25, 0.3) is 0 Å². The fourth-order valence-corrected chi connectivity index (χ4v) is 1.72. The Morgan fingerprint density at radius 3 is 2.80 bits per heavy atom. The van der Waals surface area contributed by atoms with Gasteiger partial charge in [-0.1, -0.05) is 0 Å². The van der Waals surface area contributed by atoms with Crippen LogP contribution in [0, 0.1) is 0 Å². The average Bonchev–Trinajstić information content (AvgIpc) is 2.27. The van der Waals surface area contributed by atoms with E-state index in [2.05, 4.69) is 23.4 Å². The molecule has 0 aromatic carbocycles. The molecule has 1 aromatic rings. The lowest BCUT2D eigenvalue weighted by atomic mass is 10.0. The zero-order chi connectivity index (χ0) is 11.3. The minimum absolute atomic E-state index is 0.296. The Labute approximate surface area is 96.4 Å². The van der Waals surface area contributed by atoms with Crippen LogP contribution in [0.4, 0.5) is 0 Å². The topological polar surface area (TPSA) is 22.1 Å². The first-order valence-corrected chi connectivity index (χ1v) is 6.49. The average molecular weight is 225 g/mol. The predicted molar refractivity (Wildman–Crippen MR) is 66.4 cm³/mol. The summed E-state index contributed by atoms with van der Waals surface area (Å²) >= 11 is 1.86. The van der Waals surface area contributed by atoms with Crippen LogP contribution in [0.15, 0.2) is 18.3 Å². The molecule has 0 saturated heterocycles. The molecule has 0 unspecified atom stereocenters. The Kier molecular flexibility index (Phi) is 4.61. The van der Waals surface area contributed by atoms with Gasteiger partial charge in [-0.3, -0.25) is 4.98 Å². The van der Waals surface area contributed by atoms with E-state index < -0.39 is 0 Å². The Hall–Kier alpha value is -0.540. The molecule has 3 heteroatoms. The van der Waals surface area contributed by atoms with E-state index in [-0.39, 0.29) is 5.60 Å². The zero-order valence-corrected chi connectivity index (χ0v) is 10.7. The van der Waals surface area contributed by atoms with Crippen molar-refractivity contribution in [2.75, 3.05) is 19.1 Å². The second-order valence-electron chi connectivity index (χ2n) is 4.01. The lowest BCUT2D eigenvalue weighted by Gasteiger charge is -2.22. The van der Waals surface area contributed by atoms with Gasteiger partial charge in [0.25, 0.3) is 0 Å². The summed E-state index contributed by atoms with van der Waals surface area (Å²) in [5.74, 6) is 1.15. The molecule has 0 atom stereocenters. The SMILES string of the molecule is COC(C)(C)c1cc(CCSC)ccn1. The van der Waals surface area contributed by atoms with Gasteiger partial charge >= 0.3 is 0 Å². The number of nitrogens with zero attached hydrogens (tertiary/aromatic N) is 1. The second-order valence-corrected chi connectivity index (χ2v) is 4.99. The third-order valence-electron chi connectivity index (χ3n) is 2.55. The van der Waals surface area contributed by atoms with Gasteiger partial charge in [-0.25, -0.2) is 0 Å². The van der Waals surface area contributed by atoms with Gasteiger partial charge in [-0.15, -0.1) is 0 Å². The first kappa shape index (κ1) is 12.5. The molecule has 1 heterocycles. The van der Waals surface area contributed by atoms with E-state index in [9.17, 15) is 0 Å². The molecular weight excluding hydrogens is 206 g/mol. The maximum Gasteiger partial charge on any atom is 0.104 e. The van der Waals surface area contributed by atoms with Crippen molar-refractivity contribution in [1.29, 1.82) is 0 Å². The standard InChI is InChI=1S/C12H19NOS/c1-12(2,14-3)11-9-10(5-7-13-11)6-8-15-4/h5,7,9H,6,8H2,1-4H3. The summed E-state index contributed by atoms with van der Waals surface area (Å²) in [5, 5.41) is 0. The number of hydrogen-bond acceptors (Lipinski definition) is 3. The summed E-state index contributed by atoms with van der Waals surface area (Å²) in [6, 6.07) is 4.21. The third-order valence-corrected chi connectivity index (χ3v) is 3.16. The fourth-order valence-electron chi connectivity index (χ4n) is 1.28. The summed E-state index contributed by atoms with van der Waals surface area (Å²) in [6.45, 7) is 4.07. The number of rotatable bonds is 5. The summed E-state index contributed by atoms with van der Waals surface area (Å²) in [6.07, 6.45) is 5.09. The number of aryl methyl sites for hydroxylation is 1. The number of ether oxygens (including phenoxy) is 1. The third kappa shape index (κ3) is 3.50. The van der Waals surface area contributed by atoms with Crippen LogP contribution in [0.1, 0.15) is 25.1 Å². The van der Waals surface area contributed by atoms with Crippen LogP contribution in [-0.4, -0.2) is 24.1 Å². The van der Waals surface area contributed by atoms with Crippen LogP contribution in [0.3, 0.4) is 0 Å². The smallest absolute Gasteiger partial charge is 0.104 e. The Balaban J connectivity index is 2.82. The maximum atomic E-state index is 5.42. The first-order valence-electron chi connectivity index (χ1n) is 5.09. The highest BCUT2D eigenvalue weighted by atomic mass is 32.2. The molecule has 0 radical (unpaired) electrons. The van der Waals surface area contributed by atoms with E-state index in [1.54, 1.807) is 7.11 Å². The van der Waals surface area contributed by atoms with Crippen LogP contribution in [0.5, 0.6) is 0 Å². The molecule has 0 aliphatic carbocycles. The lowest BCUT2D eigenvalue weighted by molar-refractivity contribution is 0.0154. The lowest BCUT2D eigenvalue weighted by Crippen LogP contribution is -2.21. The number of hydrogen-bond donors (Lipinski definition) is 0. The Morgan fingerprint density at radius 1 is 1.47 bits per heavy atom. The van der Waals surface area contributed by atoms with Crippen molar-refractivity contribution in [2.45, 2.75) is 25.9 Å². The minimum atomic E-state index is -0.296. The van der Waals surface area contributed by atoms with Crippen molar-refractivity contribution >= 4 is 11.8 Å². The monoisotopic (exact) mass is 225 g/mol. The van der Waals surface area contributed by atoms with E-state index in [1.165, 1.54) is 5.56 Å². The molecule has 1 aromatic heterocycles. The van der Waals surface area contributed by atoms with Crippen LogP contribution >= 0.6 is 11.8 Å². The molecule has 0 saturated carbocycles. The van der Waals surface area contributed by atoms with Gasteiger partial charge in [0.15, 0.2) is 0 Å². The number of pyridine rings is 1. The zero-order valence-electron chi connectivity index (χ0n) is 9.91. The van der Waals surface area contributed by atoms with Gasteiger partial charge in [-0.05, 0) is 50.0 Å². The second kappa shape index (κ2) is 5.52. The Morgan fingerprint density at radius 2 is 2.20 bits per heavy atom. The van der Waals surface area contributed by atoms with Crippen LogP contribution in [-0.2, 0) is 16.8 Å². The van der Waals surface area contributed by atoms with Gasteiger partial charge in [0.05, 0.1) is 5.69 Å². The van der Waals surface area contributed by atoms with Crippen molar-refractivity contribution in [3.05, 3.63) is 29.6 Å². The minimum Gasteiger partial charge on any atom is -0.373 e. The van der Waals surface area contributed by atoms with Crippen molar-refractivity contribution < 1.29 is 4.74 Å². The summed E-state index contributed by atoms with van der Waals surface area (Å²) < 4.78 is 5.42.